The van der Waals surface area contributed by atoms with Gasteiger partial charge >= 0.3 is 6.09 Å². The lowest BCUT2D eigenvalue weighted by Crippen LogP contribution is -2.03. The van der Waals surface area contributed by atoms with Crippen LogP contribution in [0.2, 0.25) is 0 Å². The molecule has 1 aromatic rings. The third-order valence-electron chi connectivity index (χ3n) is 1.89. The highest BCUT2D eigenvalue weighted by molar-refractivity contribution is 5.61. The summed E-state index contributed by atoms with van der Waals surface area (Å²) >= 11 is 0. The predicted molar refractivity (Wildman–Crippen MR) is 63.6 cm³/mol. The van der Waals surface area contributed by atoms with Gasteiger partial charge in [0.1, 0.15) is 0 Å². The number of primary amides is 1. The van der Waals surface area contributed by atoms with Crippen molar-refractivity contribution in [2.75, 3.05) is 19.0 Å². The molecule has 5 heteroatoms. The molecule has 90 valence electrons. The number of aryl methyl sites for hydroxylation is 1. The van der Waals surface area contributed by atoms with Crippen LogP contribution < -0.4 is 11.1 Å². The summed E-state index contributed by atoms with van der Waals surface area (Å²) in [5, 5.41) is 19.0. The summed E-state index contributed by atoms with van der Waals surface area (Å²) in [4.78, 5) is 8.78. The molecule has 1 aromatic carbocycles. The van der Waals surface area contributed by atoms with Crippen LogP contribution >= 0.6 is 0 Å². The van der Waals surface area contributed by atoms with Crippen LogP contribution in [0.1, 0.15) is 12.0 Å². The first-order chi connectivity index (χ1) is 7.61. The molecule has 16 heavy (non-hydrogen) atoms. The molecule has 1 rings (SSSR count). The van der Waals surface area contributed by atoms with Gasteiger partial charge in [-0.25, -0.2) is 4.79 Å². The number of nitrogens with one attached hydrogen (secondary N) is 1. The number of aliphatic hydroxyl groups excluding tert-OH is 1. The molecule has 0 aromatic heterocycles. The zero-order valence-corrected chi connectivity index (χ0v) is 9.31. The predicted octanol–water partition coefficient (Wildman–Crippen LogP) is 1.28. The van der Waals surface area contributed by atoms with Crippen molar-refractivity contribution < 1.29 is 15.0 Å². The normalized spacial score (nSPS) is 8.88. The van der Waals surface area contributed by atoms with Gasteiger partial charge in [0.25, 0.3) is 0 Å². The van der Waals surface area contributed by atoms with Crippen LogP contribution in [0.25, 0.3) is 0 Å². The zero-order valence-electron chi connectivity index (χ0n) is 9.31. The minimum atomic E-state index is -1.33. The molecule has 5 nitrogen and oxygen atoms in total. The van der Waals surface area contributed by atoms with E-state index < -0.39 is 6.09 Å². The molecule has 0 aliphatic rings. The summed E-state index contributed by atoms with van der Waals surface area (Å²) in [6.07, 6.45) is 0.437. The van der Waals surface area contributed by atoms with E-state index in [0.717, 1.165) is 18.5 Å². The van der Waals surface area contributed by atoms with Crippen LogP contribution in [0.4, 0.5) is 10.5 Å². The number of rotatable bonds is 4. The number of nitrogens with two attached hydrogens (primary N) is 1. The smallest absolute Gasteiger partial charge is 0.402 e. The second kappa shape index (κ2) is 8.55. The average molecular weight is 226 g/mol. The number of amides is 1. The molecule has 0 heterocycles. The molecule has 0 saturated heterocycles. The summed E-state index contributed by atoms with van der Waals surface area (Å²) < 4.78 is 0. The lowest BCUT2D eigenvalue weighted by Gasteiger charge is -2.06. The first-order valence-electron chi connectivity index (χ1n) is 4.96. The van der Waals surface area contributed by atoms with Crippen LogP contribution in [-0.2, 0) is 6.42 Å². The van der Waals surface area contributed by atoms with Crippen molar-refractivity contribution in [1.82, 2.24) is 0 Å². The first kappa shape index (κ1) is 14.2. The quantitative estimate of drug-likeness (QED) is 0.621. The molecule has 0 radical (unpaired) electrons. The number of hydrogen-bond acceptors (Lipinski definition) is 3. The summed E-state index contributed by atoms with van der Waals surface area (Å²) in [5.41, 5.74) is 6.46. The molecule has 0 spiro atoms. The molecule has 1 amide bonds. The van der Waals surface area contributed by atoms with Crippen molar-refractivity contribution in [2.24, 2.45) is 5.73 Å². The Kier molecular flexibility index (Phi) is 7.61. The maximum Gasteiger partial charge on any atom is 0.402 e. The van der Waals surface area contributed by atoms with E-state index in [1.54, 1.807) is 0 Å². The molecule has 0 aliphatic carbocycles. The maximum atomic E-state index is 8.78. The molecular formula is C11H18N2O3. The van der Waals surface area contributed by atoms with E-state index in [1.165, 1.54) is 5.56 Å². The fourth-order valence-corrected chi connectivity index (χ4v) is 1.25. The van der Waals surface area contributed by atoms with Gasteiger partial charge < -0.3 is 21.3 Å². The van der Waals surface area contributed by atoms with Gasteiger partial charge in [0.05, 0.1) is 0 Å². The van der Waals surface area contributed by atoms with E-state index in [4.69, 9.17) is 15.0 Å². The fraction of sp³-hybridized carbons (Fsp3) is 0.364. The highest BCUT2D eigenvalue weighted by atomic mass is 16.4. The lowest BCUT2D eigenvalue weighted by molar-refractivity contribution is 0.205. The molecule has 0 unspecified atom stereocenters. The fourth-order valence-electron chi connectivity index (χ4n) is 1.25. The van der Waals surface area contributed by atoms with E-state index in [0.29, 0.717) is 0 Å². The van der Waals surface area contributed by atoms with E-state index in [1.807, 2.05) is 25.2 Å². The van der Waals surface area contributed by atoms with Crippen LogP contribution in [0, 0.1) is 0 Å². The first-order valence-corrected chi connectivity index (χ1v) is 4.96. The number of anilines is 1. The summed E-state index contributed by atoms with van der Waals surface area (Å²) in [6.45, 7) is 0.262. The van der Waals surface area contributed by atoms with Gasteiger partial charge in [-0.1, -0.05) is 18.2 Å². The maximum absolute atomic E-state index is 8.78. The van der Waals surface area contributed by atoms with Gasteiger partial charge in [0, 0.05) is 19.3 Å². The largest absolute Gasteiger partial charge is 0.465 e. The van der Waals surface area contributed by atoms with Gasteiger partial charge in [-0.2, -0.15) is 0 Å². The van der Waals surface area contributed by atoms with Crippen LogP contribution in [0.5, 0.6) is 0 Å². The minimum Gasteiger partial charge on any atom is -0.465 e. The molecule has 0 fully saturated rings. The van der Waals surface area contributed by atoms with Gasteiger partial charge in [0.2, 0.25) is 0 Å². The summed E-state index contributed by atoms with van der Waals surface area (Å²) in [7, 11) is 1.91. The topological polar surface area (TPSA) is 95.6 Å². The van der Waals surface area contributed by atoms with Gasteiger partial charge in [0.15, 0.2) is 0 Å². The standard InChI is InChI=1S/C10H15NO.CH3NO2/c1-11-10-7-3-2-5-9(10)6-4-8-12;2-1(3)4/h2-3,5,7,11-12H,4,6,8H2,1H3;2H2,(H,3,4). The van der Waals surface area contributed by atoms with E-state index in [2.05, 4.69) is 17.1 Å². The number of hydrogen-bond donors (Lipinski definition) is 4. The van der Waals surface area contributed by atoms with Crippen molar-refractivity contribution in [3.63, 3.8) is 0 Å². The molecule has 5 N–H and O–H groups in total. The molecule has 0 saturated carbocycles. The van der Waals surface area contributed by atoms with Crippen molar-refractivity contribution in [3.05, 3.63) is 29.8 Å². The van der Waals surface area contributed by atoms with Gasteiger partial charge in [-0.15, -0.1) is 0 Å². The summed E-state index contributed by atoms with van der Waals surface area (Å²) in [5.74, 6) is 0. The van der Waals surface area contributed by atoms with Crippen molar-refractivity contribution in [2.45, 2.75) is 12.8 Å². The Balaban J connectivity index is 0.000000487. The lowest BCUT2D eigenvalue weighted by atomic mass is 10.1. The highest BCUT2D eigenvalue weighted by Gasteiger charge is 1.97. The Labute approximate surface area is 94.9 Å². The second-order valence-corrected chi connectivity index (χ2v) is 3.07. The molecule has 0 bridgehead atoms. The van der Waals surface area contributed by atoms with Crippen LogP contribution in [-0.4, -0.2) is 30.0 Å². The van der Waals surface area contributed by atoms with E-state index in [-0.39, 0.29) is 6.61 Å². The molecular weight excluding hydrogens is 208 g/mol. The number of carbonyl (C=O) groups is 1. The zero-order chi connectivity index (χ0) is 12.4. The minimum absolute atomic E-state index is 0.262. The number of benzene rings is 1. The Morgan fingerprint density at radius 1 is 1.44 bits per heavy atom. The van der Waals surface area contributed by atoms with Gasteiger partial charge in [-0.3, -0.25) is 0 Å². The number of para-hydroxylation sites is 1. The Morgan fingerprint density at radius 3 is 2.50 bits per heavy atom. The molecule has 0 atom stereocenters. The SMILES string of the molecule is CNc1ccccc1CCCO.NC(=O)O. The van der Waals surface area contributed by atoms with Crippen LogP contribution in [0.3, 0.4) is 0 Å². The highest BCUT2D eigenvalue weighted by Crippen LogP contribution is 2.15. The Morgan fingerprint density at radius 2 is 2.00 bits per heavy atom. The van der Waals surface area contributed by atoms with Crippen molar-refractivity contribution in [1.29, 1.82) is 0 Å². The monoisotopic (exact) mass is 226 g/mol. The summed E-state index contributed by atoms with van der Waals surface area (Å²) in [6, 6.07) is 8.16. The third-order valence-corrected chi connectivity index (χ3v) is 1.89. The Bertz CT molecular complexity index is 312. The third kappa shape index (κ3) is 6.67. The Hall–Kier alpha value is -1.75. The molecule has 0 aliphatic heterocycles. The van der Waals surface area contributed by atoms with Gasteiger partial charge in [-0.05, 0) is 24.5 Å². The average Bonchev–Trinajstić information content (AvgIpc) is 2.26. The van der Waals surface area contributed by atoms with Crippen molar-refractivity contribution in [3.8, 4) is 0 Å². The number of aliphatic hydroxyl groups is 1. The second-order valence-electron chi connectivity index (χ2n) is 3.07. The number of carboxylic acid groups (broad SMARTS) is 1. The van der Waals surface area contributed by atoms with E-state index in [9.17, 15) is 0 Å². The van der Waals surface area contributed by atoms with E-state index >= 15 is 0 Å². The van der Waals surface area contributed by atoms with Crippen LogP contribution in [0.15, 0.2) is 24.3 Å². The van der Waals surface area contributed by atoms with Crippen molar-refractivity contribution >= 4 is 11.8 Å².